The Balaban J connectivity index is 1.37. The van der Waals surface area contributed by atoms with E-state index in [1.165, 1.54) is 24.7 Å². The van der Waals surface area contributed by atoms with Gasteiger partial charge in [0.2, 0.25) is 0 Å². The predicted molar refractivity (Wildman–Crippen MR) is 102 cm³/mol. The summed E-state index contributed by atoms with van der Waals surface area (Å²) in [5.74, 6) is -0.507. The van der Waals surface area contributed by atoms with Crippen LogP contribution in [-0.2, 0) is 6.54 Å². The van der Waals surface area contributed by atoms with E-state index in [1.54, 1.807) is 35.3 Å². The minimum Gasteiger partial charge on any atom is -0.348 e. The van der Waals surface area contributed by atoms with Crippen LogP contribution in [0.15, 0.2) is 79.5 Å². The molecule has 0 aliphatic heterocycles. The molecule has 6 nitrogen and oxygen atoms in total. The fourth-order valence-electron chi connectivity index (χ4n) is 2.71. The van der Waals surface area contributed by atoms with Crippen LogP contribution in [0.5, 0.6) is 0 Å². The number of rotatable bonds is 5. The van der Waals surface area contributed by atoms with Crippen molar-refractivity contribution in [3.05, 3.63) is 96.5 Å². The first kappa shape index (κ1) is 17.5. The monoisotopic (exact) mass is 373 g/mol. The molecule has 7 heteroatoms. The second kappa shape index (κ2) is 7.79. The summed E-state index contributed by atoms with van der Waals surface area (Å²) in [7, 11) is 0. The maximum atomic E-state index is 13.0. The molecule has 1 N–H and O–H groups in total. The number of nitrogens with zero attached hydrogens (tertiary/aromatic N) is 4. The number of carbonyl (C=O) groups excluding carboxylic acids is 1. The zero-order chi connectivity index (χ0) is 19.3. The van der Waals surface area contributed by atoms with Gasteiger partial charge in [-0.15, -0.1) is 0 Å². The minimum absolute atomic E-state index is 0.210. The highest BCUT2D eigenvalue weighted by Gasteiger charge is 2.07. The number of benzene rings is 2. The van der Waals surface area contributed by atoms with Crippen LogP contribution in [0.3, 0.4) is 0 Å². The van der Waals surface area contributed by atoms with Crippen LogP contribution >= 0.6 is 0 Å². The van der Waals surface area contributed by atoms with Crippen molar-refractivity contribution in [2.45, 2.75) is 6.54 Å². The quantitative estimate of drug-likeness (QED) is 0.582. The van der Waals surface area contributed by atoms with E-state index < -0.39 is 0 Å². The Morgan fingerprint density at radius 2 is 1.79 bits per heavy atom. The van der Waals surface area contributed by atoms with Gasteiger partial charge in [0.15, 0.2) is 0 Å². The van der Waals surface area contributed by atoms with Gasteiger partial charge in [0.05, 0.1) is 16.9 Å². The number of aromatic nitrogens is 4. The number of pyridine rings is 1. The SMILES string of the molecule is O=C(NCc1ccc(-n2cncn2)cc1)c1ccc(-c2ccc(F)cc2)nc1. The lowest BCUT2D eigenvalue weighted by Gasteiger charge is -2.07. The molecule has 2 aromatic heterocycles. The summed E-state index contributed by atoms with van der Waals surface area (Å²) in [5, 5.41) is 6.95. The van der Waals surface area contributed by atoms with Crippen LogP contribution in [0.4, 0.5) is 4.39 Å². The molecule has 138 valence electrons. The number of hydrogen-bond donors (Lipinski definition) is 1. The van der Waals surface area contributed by atoms with E-state index in [1.807, 2.05) is 24.3 Å². The summed E-state index contributed by atoms with van der Waals surface area (Å²) < 4.78 is 14.7. The fraction of sp³-hybridized carbons (Fsp3) is 0.0476. The van der Waals surface area contributed by atoms with E-state index in [0.29, 0.717) is 17.8 Å². The fourth-order valence-corrected chi connectivity index (χ4v) is 2.71. The molecule has 0 radical (unpaired) electrons. The third kappa shape index (κ3) is 3.93. The van der Waals surface area contributed by atoms with Crippen molar-refractivity contribution in [1.82, 2.24) is 25.1 Å². The smallest absolute Gasteiger partial charge is 0.253 e. The normalized spacial score (nSPS) is 10.6. The molecular weight excluding hydrogens is 357 g/mol. The summed E-state index contributed by atoms with van der Waals surface area (Å²) in [5.41, 5.74) is 3.80. The maximum absolute atomic E-state index is 13.0. The number of halogens is 1. The number of amides is 1. The highest BCUT2D eigenvalue weighted by Crippen LogP contribution is 2.17. The lowest BCUT2D eigenvalue weighted by molar-refractivity contribution is 0.0950. The van der Waals surface area contributed by atoms with Gasteiger partial charge < -0.3 is 5.32 Å². The van der Waals surface area contributed by atoms with Gasteiger partial charge in [0, 0.05) is 18.3 Å². The molecule has 0 saturated carbocycles. The zero-order valence-corrected chi connectivity index (χ0v) is 14.8. The van der Waals surface area contributed by atoms with Gasteiger partial charge in [-0.2, -0.15) is 5.10 Å². The van der Waals surface area contributed by atoms with Crippen LogP contribution < -0.4 is 5.32 Å². The number of hydrogen-bond acceptors (Lipinski definition) is 4. The second-order valence-electron chi connectivity index (χ2n) is 6.13. The minimum atomic E-state index is -0.297. The summed E-state index contributed by atoms with van der Waals surface area (Å²) in [6.07, 6.45) is 4.62. The molecule has 0 aliphatic rings. The molecule has 28 heavy (non-hydrogen) atoms. The first-order chi connectivity index (χ1) is 13.7. The molecule has 2 aromatic carbocycles. The van der Waals surface area contributed by atoms with Gasteiger partial charge in [-0.25, -0.2) is 14.1 Å². The maximum Gasteiger partial charge on any atom is 0.253 e. The molecule has 0 unspecified atom stereocenters. The first-order valence-electron chi connectivity index (χ1n) is 8.63. The Hall–Kier alpha value is -3.87. The number of nitrogens with one attached hydrogen (secondary N) is 1. The van der Waals surface area contributed by atoms with Gasteiger partial charge in [-0.3, -0.25) is 9.78 Å². The van der Waals surface area contributed by atoms with Gasteiger partial charge in [0.1, 0.15) is 18.5 Å². The lowest BCUT2D eigenvalue weighted by Crippen LogP contribution is -2.22. The van der Waals surface area contributed by atoms with Crippen molar-refractivity contribution in [3.63, 3.8) is 0 Å². The van der Waals surface area contributed by atoms with Crippen molar-refractivity contribution in [3.8, 4) is 16.9 Å². The van der Waals surface area contributed by atoms with Crippen LogP contribution in [0.25, 0.3) is 16.9 Å². The Morgan fingerprint density at radius 3 is 2.43 bits per heavy atom. The third-order valence-corrected chi connectivity index (χ3v) is 4.24. The van der Waals surface area contributed by atoms with Crippen LogP contribution in [0.1, 0.15) is 15.9 Å². The Labute approximate surface area is 160 Å². The number of carbonyl (C=O) groups is 1. The van der Waals surface area contributed by atoms with Crippen molar-refractivity contribution < 1.29 is 9.18 Å². The molecule has 0 spiro atoms. The van der Waals surface area contributed by atoms with Gasteiger partial charge in [-0.05, 0) is 54.1 Å². The van der Waals surface area contributed by atoms with Gasteiger partial charge in [-0.1, -0.05) is 12.1 Å². The van der Waals surface area contributed by atoms with Gasteiger partial charge >= 0.3 is 0 Å². The molecule has 1 amide bonds. The first-order valence-corrected chi connectivity index (χ1v) is 8.63. The molecule has 0 atom stereocenters. The summed E-state index contributed by atoms with van der Waals surface area (Å²) in [4.78, 5) is 20.6. The van der Waals surface area contributed by atoms with Crippen LogP contribution in [0.2, 0.25) is 0 Å². The highest BCUT2D eigenvalue weighted by molar-refractivity contribution is 5.94. The molecule has 4 rings (SSSR count). The van der Waals surface area contributed by atoms with Gasteiger partial charge in [0.25, 0.3) is 5.91 Å². The van der Waals surface area contributed by atoms with E-state index in [4.69, 9.17) is 0 Å². The topological polar surface area (TPSA) is 72.7 Å². The molecular formula is C21H16FN5O. The van der Waals surface area contributed by atoms with E-state index in [-0.39, 0.29) is 11.7 Å². The van der Waals surface area contributed by atoms with Crippen LogP contribution in [0, 0.1) is 5.82 Å². The Kier molecular flexibility index (Phi) is 4.88. The van der Waals surface area contributed by atoms with Crippen molar-refractivity contribution in [2.24, 2.45) is 0 Å². The van der Waals surface area contributed by atoms with Crippen molar-refractivity contribution in [1.29, 1.82) is 0 Å². The van der Waals surface area contributed by atoms with E-state index in [0.717, 1.165) is 16.8 Å². The Morgan fingerprint density at radius 1 is 1.00 bits per heavy atom. The standard InChI is InChI=1S/C21H16FN5O/c22-18-6-3-16(4-7-18)20-10-5-17(12-24-20)21(28)25-11-15-1-8-19(9-2-15)27-14-23-13-26-27/h1-10,12-14H,11H2,(H,25,28). The van der Waals surface area contributed by atoms with Crippen molar-refractivity contribution >= 4 is 5.91 Å². The van der Waals surface area contributed by atoms with E-state index in [9.17, 15) is 9.18 Å². The van der Waals surface area contributed by atoms with Crippen molar-refractivity contribution in [2.75, 3.05) is 0 Å². The van der Waals surface area contributed by atoms with E-state index in [2.05, 4.69) is 20.4 Å². The summed E-state index contributed by atoms with van der Waals surface area (Å²) in [6.45, 7) is 0.399. The molecule has 0 aliphatic carbocycles. The molecule has 2 heterocycles. The lowest BCUT2D eigenvalue weighted by atomic mass is 10.1. The van der Waals surface area contributed by atoms with Crippen LogP contribution in [-0.4, -0.2) is 25.7 Å². The molecule has 4 aromatic rings. The largest absolute Gasteiger partial charge is 0.348 e. The highest BCUT2D eigenvalue weighted by atomic mass is 19.1. The third-order valence-electron chi connectivity index (χ3n) is 4.24. The molecule has 0 fully saturated rings. The Bertz CT molecular complexity index is 1060. The average molecular weight is 373 g/mol. The molecule has 0 saturated heterocycles. The average Bonchev–Trinajstić information content (AvgIpc) is 3.28. The predicted octanol–water partition coefficient (Wildman–Crippen LogP) is 3.40. The summed E-state index contributed by atoms with van der Waals surface area (Å²) >= 11 is 0. The van der Waals surface area contributed by atoms with E-state index >= 15 is 0 Å². The summed E-state index contributed by atoms with van der Waals surface area (Å²) in [6, 6.07) is 17.2. The zero-order valence-electron chi connectivity index (χ0n) is 14.8. The second-order valence-corrected chi connectivity index (χ2v) is 6.13. The molecule has 0 bridgehead atoms.